The second-order valence-electron chi connectivity index (χ2n) is 2.70. The van der Waals surface area contributed by atoms with Crippen molar-refractivity contribution >= 4 is 19.7 Å². The fourth-order valence-corrected chi connectivity index (χ4v) is 1.89. The third-order valence-electron chi connectivity index (χ3n) is 1.57. The van der Waals surface area contributed by atoms with E-state index < -0.39 is 43.5 Å². The average Bonchev–Trinajstić information content (AvgIpc) is 2.08. The molecule has 1 aromatic rings. The second kappa shape index (κ2) is 3.82. The van der Waals surface area contributed by atoms with Crippen molar-refractivity contribution < 1.29 is 27.4 Å². The Balaban J connectivity index is 3.40. The molecule has 0 aliphatic carbocycles. The van der Waals surface area contributed by atoms with Crippen molar-refractivity contribution in [2.45, 2.75) is 5.75 Å². The molecule has 0 saturated heterocycles. The molecule has 0 amide bonds. The lowest BCUT2D eigenvalue weighted by Crippen LogP contribution is -2.02. The van der Waals surface area contributed by atoms with E-state index in [0.717, 1.165) is 0 Å². The van der Waals surface area contributed by atoms with Gasteiger partial charge in [-0.15, -0.1) is 0 Å². The van der Waals surface area contributed by atoms with Crippen LogP contribution < -0.4 is 0 Å². The quantitative estimate of drug-likeness (QED) is 0.788. The first-order valence-electron chi connectivity index (χ1n) is 3.53. The number of phenols is 2. The van der Waals surface area contributed by atoms with Gasteiger partial charge in [0.2, 0.25) is 9.05 Å². The zero-order chi connectivity index (χ0) is 11.8. The lowest BCUT2D eigenvalue weighted by atomic mass is 10.2. The molecule has 0 bridgehead atoms. The van der Waals surface area contributed by atoms with Gasteiger partial charge in [-0.25, -0.2) is 17.2 Å². The zero-order valence-corrected chi connectivity index (χ0v) is 8.61. The molecule has 2 N–H and O–H groups in total. The molecule has 8 heteroatoms. The van der Waals surface area contributed by atoms with E-state index in [-0.39, 0.29) is 0 Å². The maximum Gasteiger partial charge on any atom is 0.236 e. The van der Waals surface area contributed by atoms with E-state index in [0.29, 0.717) is 6.07 Å². The van der Waals surface area contributed by atoms with Gasteiger partial charge in [0.25, 0.3) is 0 Å². The highest BCUT2D eigenvalue weighted by molar-refractivity contribution is 8.13. The van der Waals surface area contributed by atoms with Crippen molar-refractivity contribution in [3.8, 4) is 11.5 Å². The van der Waals surface area contributed by atoms with Gasteiger partial charge in [-0.05, 0) is 0 Å². The average molecular weight is 259 g/mol. The fourth-order valence-electron chi connectivity index (χ4n) is 0.961. The summed E-state index contributed by atoms with van der Waals surface area (Å²) in [4.78, 5) is 0. The van der Waals surface area contributed by atoms with E-state index in [4.69, 9.17) is 20.9 Å². The number of benzene rings is 1. The Kier molecular flexibility index (Phi) is 3.05. The highest BCUT2D eigenvalue weighted by atomic mass is 35.7. The largest absolute Gasteiger partial charge is 0.505 e. The van der Waals surface area contributed by atoms with Crippen LogP contribution in [0.5, 0.6) is 11.5 Å². The van der Waals surface area contributed by atoms with Crippen LogP contribution in [-0.4, -0.2) is 18.6 Å². The van der Waals surface area contributed by atoms with Gasteiger partial charge in [-0.1, -0.05) is 0 Å². The van der Waals surface area contributed by atoms with Crippen molar-refractivity contribution in [3.63, 3.8) is 0 Å². The van der Waals surface area contributed by atoms with E-state index in [1.54, 1.807) is 0 Å². The number of phenolic OH excluding ortho intramolecular Hbond substituents is 2. The first-order chi connectivity index (χ1) is 6.72. The van der Waals surface area contributed by atoms with Crippen LogP contribution in [0.15, 0.2) is 6.07 Å². The number of hydrogen-bond donors (Lipinski definition) is 2. The summed E-state index contributed by atoms with van der Waals surface area (Å²) in [6.07, 6.45) is 0. The summed E-state index contributed by atoms with van der Waals surface area (Å²) in [7, 11) is 0.606. The van der Waals surface area contributed by atoms with E-state index in [2.05, 4.69) is 0 Å². The topological polar surface area (TPSA) is 74.6 Å². The number of hydrogen-bond acceptors (Lipinski definition) is 4. The molecule has 0 radical (unpaired) electrons. The fraction of sp³-hybridized carbons (Fsp3) is 0.143. The number of aromatic hydroxyl groups is 2. The third kappa shape index (κ3) is 2.69. The van der Waals surface area contributed by atoms with Gasteiger partial charge < -0.3 is 10.2 Å². The monoisotopic (exact) mass is 258 g/mol. The first kappa shape index (κ1) is 12.0. The lowest BCUT2D eigenvalue weighted by molar-refractivity contribution is 0.392. The van der Waals surface area contributed by atoms with Crippen LogP contribution >= 0.6 is 10.7 Å². The second-order valence-corrected chi connectivity index (χ2v) is 5.48. The molecular formula is C7H5ClF2O4S. The van der Waals surface area contributed by atoms with Crippen molar-refractivity contribution in [2.75, 3.05) is 0 Å². The van der Waals surface area contributed by atoms with Gasteiger partial charge in [0, 0.05) is 22.3 Å². The van der Waals surface area contributed by atoms with Gasteiger partial charge in [0.1, 0.15) is 0 Å². The standard InChI is InChI=1S/C7H5ClF2O4S/c8-15(13,14)2-3-6(9)4(11)1-5(12)7(3)10/h1,11-12H,2H2. The van der Waals surface area contributed by atoms with Gasteiger partial charge in [-0.3, -0.25) is 0 Å². The first-order valence-corrected chi connectivity index (χ1v) is 6.01. The Labute approximate surface area is 88.1 Å². The van der Waals surface area contributed by atoms with Crippen molar-refractivity contribution in [3.05, 3.63) is 23.3 Å². The van der Waals surface area contributed by atoms with Crippen LogP contribution in [0.2, 0.25) is 0 Å². The normalized spacial score (nSPS) is 11.7. The van der Waals surface area contributed by atoms with Crippen LogP contribution in [-0.2, 0) is 14.8 Å². The molecule has 0 fully saturated rings. The van der Waals surface area contributed by atoms with Crippen LogP contribution in [0.4, 0.5) is 8.78 Å². The molecule has 0 atom stereocenters. The molecule has 1 aromatic carbocycles. The minimum atomic E-state index is -4.19. The number of rotatable bonds is 2. The molecule has 0 unspecified atom stereocenters. The van der Waals surface area contributed by atoms with Crippen molar-refractivity contribution in [1.82, 2.24) is 0 Å². The van der Waals surface area contributed by atoms with Crippen LogP contribution in [0.1, 0.15) is 5.56 Å². The molecule has 0 aliphatic heterocycles. The van der Waals surface area contributed by atoms with Crippen molar-refractivity contribution in [2.24, 2.45) is 0 Å². The summed E-state index contributed by atoms with van der Waals surface area (Å²) in [5.41, 5.74) is -0.998. The highest BCUT2D eigenvalue weighted by Gasteiger charge is 2.22. The van der Waals surface area contributed by atoms with Crippen LogP contribution in [0.25, 0.3) is 0 Å². The summed E-state index contributed by atoms with van der Waals surface area (Å²) in [6.45, 7) is 0. The Morgan fingerprint density at radius 1 is 1.20 bits per heavy atom. The molecule has 15 heavy (non-hydrogen) atoms. The molecule has 0 aliphatic rings. The predicted molar refractivity (Wildman–Crippen MR) is 48.2 cm³/mol. The van der Waals surface area contributed by atoms with Crippen LogP contribution in [0.3, 0.4) is 0 Å². The summed E-state index contributed by atoms with van der Waals surface area (Å²) in [5, 5.41) is 17.7. The smallest absolute Gasteiger partial charge is 0.236 e. The highest BCUT2D eigenvalue weighted by Crippen LogP contribution is 2.31. The third-order valence-corrected chi connectivity index (χ3v) is 2.53. The lowest BCUT2D eigenvalue weighted by Gasteiger charge is -2.06. The summed E-state index contributed by atoms with van der Waals surface area (Å²) >= 11 is 0. The van der Waals surface area contributed by atoms with Crippen molar-refractivity contribution in [1.29, 1.82) is 0 Å². The van der Waals surface area contributed by atoms with Gasteiger partial charge in [-0.2, -0.15) is 0 Å². The Morgan fingerprint density at radius 2 is 1.60 bits per heavy atom. The molecule has 84 valence electrons. The SMILES string of the molecule is O=S(=O)(Cl)Cc1c(F)c(O)cc(O)c1F. The van der Waals surface area contributed by atoms with E-state index in [9.17, 15) is 17.2 Å². The molecule has 1 rings (SSSR count). The maximum absolute atomic E-state index is 13.0. The predicted octanol–water partition coefficient (Wildman–Crippen LogP) is 1.44. The molecular weight excluding hydrogens is 254 g/mol. The molecule has 4 nitrogen and oxygen atoms in total. The van der Waals surface area contributed by atoms with E-state index in [1.807, 2.05) is 0 Å². The summed E-state index contributed by atoms with van der Waals surface area (Å²) in [6, 6.07) is 0.426. The maximum atomic E-state index is 13.0. The minimum absolute atomic E-state index is 0.426. The molecule has 0 heterocycles. The van der Waals surface area contributed by atoms with E-state index >= 15 is 0 Å². The van der Waals surface area contributed by atoms with Gasteiger partial charge in [0.05, 0.1) is 5.75 Å². The van der Waals surface area contributed by atoms with Crippen LogP contribution in [0, 0.1) is 11.6 Å². The van der Waals surface area contributed by atoms with E-state index in [1.165, 1.54) is 0 Å². The zero-order valence-electron chi connectivity index (χ0n) is 7.04. The van der Waals surface area contributed by atoms with Gasteiger partial charge >= 0.3 is 0 Å². The molecule has 0 saturated carbocycles. The summed E-state index contributed by atoms with van der Waals surface area (Å²) < 4.78 is 47.3. The van der Waals surface area contributed by atoms with Gasteiger partial charge in [0.15, 0.2) is 23.1 Å². The summed E-state index contributed by atoms with van der Waals surface area (Å²) in [5.74, 6) is -6.19. The number of halogens is 3. The minimum Gasteiger partial charge on any atom is -0.505 e. The molecule has 0 spiro atoms. The Morgan fingerprint density at radius 3 is 1.93 bits per heavy atom. The molecule has 0 aromatic heterocycles. The Hall–Kier alpha value is -1.08. The Bertz CT molecular complexity index is 474.